The van der Waals surface area contributed by atoms with Gasteiger partial charge in [0, 0.05) is 0 Å². The van der Waals surface area contributed by atoms with E-state index < -0.39 is 11.1 Å². The Morgan fingerprint density at radius 3 is 1.00 bits per heavy atom. The topological polar surface area (TPSA) is 0 Å². The maximum atomic E-state index is 2.83. The second-order valence-corrected chi connectivity index (χ2v) is 26.4. The highest BCUT2D eigenvalue weighted by molar-refractivity contribution is 14.1. The zero-order valence-corrected chi connectivity index (χ0v) is 16.3. The van der Waals surface area contributed by atoms with Crippen LogP contribution in [0.1, 0.15) is 27.7 Å². The Bertz CT molecular complexity index is 136. The minimum atomic E-state index is -0.840. The normalized spacial score (nSPS) is 13.3. The summed E-state index contributed by atoms with van der Waals surface area (Å²) in [6, 6.07) is 9.04. The second-order valence-electron chi connectivity index (χ2n) is 4.22. The van der Waals surface area contributed by atoms with E-state index >= 15 is 0 Å². The van der Waals surface area contributed by atoms with E-state index in [0.717, 1.165) is 0 Å². The molecule has 86 valence electrons. The van der Waals surface area contributed by atoms with E-state index in [1.54, 1.807) is 12.1 Å². The van der Waals surface area contributed by atoms with Gasteiger partial charge in [-0.2, -0.15) is 0 Å². The third-order valence-corrected chi connectivity index (χ3v) is 23.8. The molecular formula is C10H24I2Si2. The van der Waals surface area contributed by atoms with Crippen molar-refractivity contribution in [2.24, 2.45) is 0 Å². The van der Waals surface area contributed by atoms with Gasteiger partial charge >= 0.3 is 0 Å². The predicted octanol–water partition coefficient (Wildman–Crippen LogP) is 5.83. The van der Waals surface area contributed by atoms with Gasteiger partial charge in [-0.3, -0.25) is 0 Å². The van der Waals surface area contributed by atoms with Crippen LogP contribution in [0.4, 0.5) is 0 Å². The lowest BCUT2D eigenvalue weighted by atomic mass is 10.9. The lowest BCUT2D eigenvalue weighted by Gasteiger charge is -2.28. The zero-order chi connectivity index (χ0) is 11.2. The Balaban J connectivity index is 4.14. The first-order valence-electron chi connectivity index (χ1n) is 5.83. The standard InChI is InChI=1S/C10H24I2Si2/c1-5-13(11,6-2)9-10-14(12,7-3)8-4/h5-10H2,1-4H3. The summed E-state index contributed by atoms with van der Waals surface area (Å²) in [7, 11) is 0. The molecule has 0 aliphatic rings. The maximum Gasteiger partial charge on any atom is 0.124 e. The van der Waals surface area contributed by atoms with Crippen LogP contribution in [-0.2, 0) is 0 Å². The van der Waals surface area contributed by atoms with Crippen LogP contribution in [0.15, 0.2) is 0 Å². The summed E-state index contributed by atoms with van der Waals surface area (Å²) < 4.78 is 0. The number of halogens is 2. The van der Waals surface area contributed by atoms with Gasteiger partial charge in [0.2, 0.25) is 0 Å². The molecule has 0 nitrogen and oxygen atoms in total. The molecule has 0 unspecified atom stereocenters. The fourth-order valence-electron chi connectivity index (χ4n) is 1.66. The van der Waals surface area contributed by atoms with E-state index in [1.807, 2.05) is 0 Å². The fraction of sp³-hybridized carbons (Fsp3) is 1.00. The molecular weight excluding hydrogens is 430 g/mol. The minimum Gasteiger partial charge on any atom is -0.119 e. The van der Waals surface area contributed by atoms with Crippen molar-refractivity contribution in [1.82, 2.24) is 0 Å². The minimum absolute atomic E-state index is 0.840. The van der Waals surface area contributed by atoms with Crippen LogP contribution in [-0.4, -0.2) is 11.1 Å². The van der Waals surface area contributed by atoms with Crippen LogP contribution >= 0.6 is 43.6 Å². The van der Waals surface area contributed by atoms with Crippen LogP contribution in [0.2, 0.25) is 36.3 Å². The number of hydrogen-bond donors (Lipinski definition) is 0. The summed E-state index contributed by atoms with van der Waals surface area (Å²) in [6.07, 6.45) is 0. The molecule has 0 radical (unpaired) electrons. The summed E-state index contributed by atoms with van der Waals surface area (Å²) in [5, 5.41) is 0. The Morgan fingerprint density at radius 2 is 0.857 bits per heavy atom. The first-order valence-corrected chi connectivity index (χ1v) is 17.3. The van der Waals surface area contributed by atoms with Crippen molar-refractivity contribution in [2.75, 3.05) is 0 Å². The maximum absolute atomic E-state index is 2.83. The Labute approximate surface area is 117 Å². The fourth-order valence-corrected chi connectivity index (χ4v) is 12.5. The van der Waals surface area contributed by atoms with Crippen molar-refractivity contribution in [3.63, 3.8) is 0 Å². The molecule has 0 saturated carbocycles. The molecule has 0 aromatic carbocycles. The number of hydrogen-bond acceptors (Lipinski definition) is 0. The molecule has 0 heterocycles. The Kier molecular flexibility index (Phi) is 8.25. The van der Waals surface area contributed by atoms with Crippen molar-refractivity contribution < 1.29 is 0 Å². The molecule has 0 aromatic rings. The van der Waals surface area contributed by atoms with Gasteiger partial charge in [-0.25, -0.2) is 0 Å². The third-order valence-electron chi connectivity index (χ3n) is 3.56. The molecule has 0 atom stereocenters. The lowest BCUT2D eigenvalue weighted by Crippen LogP contribution is -2.30. The summed E-state index contributed by atoms with van der Waals surface area (Å²) in [5.74, 6) is 0. The summed E-state index contributed by atoms with van der Waals surface area (Å²) in [4.78, 5) is 0. The molecule has 0 aliphatic carbocycles. The van der Waals surface area contributed by atoms with Gasteiger partial charge in [0.05, 0.1) is 0 Å². The van der Waals surface area contributed by atoms with Crippen LogP contribution < -0.4 is 0 Å². The molecule has 0 amide bonds. The van der Waals surface area contributed by atoms with E-state index in [4.69, 9.17) is 0 Å². The predicted molar refractivity (Wildman–Crippen MR) is 91.1 cm³/mol. The van der Waals surface area contributed by atoms with Crippen molar-refractivity contribution in [3.8, 4) is 0 Å². The van der Waals surface area contributed by atoms with Crippen molar-refractivity contribution >= 4 is 54.7 Å². The second kappa shape index (κ2) is 7.26. The van der Waals surface area contributed by atoms with E-state index in [0.29, 0.717) is 0 Å². The van der Waals surface area contributed by atoms with E-state index in [-0.39, 0.29) is 0 Å². The van der Waals surface area contributed by atoms with Gasteiger partial charge in [0.1, 0.15) is 11.1 Å². The van der Waals surface area contributed by atoms with Crippen LogP contribution in [0.3, 0.4) is 0 Å². The monoisotopic (exact) mass is 454 g/mol. The largest absolute Gasteiger partial charge is 0.124 e. The third kappa shape index (κ3) is 5.29. The summed E-state index contributed by atoms with van der Waals surface area (Å²) in [6.45, 7) is 9.60. The van der Waals surface area contributed by atoms with Crippen molar-refractivity contribution in [2.45, 2.75) is 64.0 Å². The quantitative estimate of drug-likeness (QED) is 0.258. The molecule has 0 saturated heterocycles. The average molecular weight is 454 g/mol. The zero-order valence-electron chi connectivity index (χ0n) is 10.00. The highest BCUT2D eigenvalue weighted by atomic mass is 127. The Morgan fingerprint density at radius 1 is 0.643 bits per heavy atom. The molecule has 0 fully saturated rings. The van der Waals surface area contributed by atoms with E-state index in [2.05, 4.69) is 71.3 Å². The lowest BCUT2D eigenvalue weighted by molar-refractivity contribution is 1.17. The molecule has 0 spiro atoms. The molecule has 0 rings (SSSR count). The molecule has 0 aliphatic heterocycles. The van der Waals surface area contributed by atoms with Gasteiger partial charge in [-0.1, -0.05) is 51.9 Å². The molecule has 0 bridgehead atoms. The highest BCUT2D eigenvalue weighted by Gasteiger charge is 2.31. The van der Waals surface area contributed by atoms with E-state index in [9.17, 15) is 0 Å². The van der Waals surface area contributed by atoms with Crippen LogP contribution in [0.5, 0.6) is 0 Å². The molecule has 0 aromatic heterocycles. The first-order chi connectivity index (χ1) is 6.45. The number of rotatable bonds is 7. The average Bonchev–Trinajstić information content (AvgIpc) is 2.25. The van der Waals surface area contributed by atoms with Gasteiger partial charge in [0.15, 0.2) is 0 Å². The van der Waals surface area contributed by atoms with Crippen molar-refractivity contribution in [3.05, 3.63) is 0 Å². The SMILES string of the molecule is CC[Si](I)(CC)CC[Si](I)(CC)CC. The van der Waals surface area contributed by atoms with Crippen molar-refractivity contribution in [1.29, 1.82) is 0 Å². The molecule has 0 N–H and O–H groups in total. The summed E-state index contributed by atoms with van der Waals surface area (Å²) >= 11 is 5.67. The van der Waals surface area contributed by atoms with Crippen LogP contribution in [0, 0.1) is 0 Å². The van der Waals surface area contributed by atoms with E-state index in [1.165, 1.54) is 24.2 Å². The summed E-state index contributed by atoms with van der Waals surface area (Å²) in [5.41, 5.74) is -1.68. The Hall–Kier alpha value is 1.89. The van der Waals surface area contributed by atoms with Gasteiger partial charge in [-0.15, -0.1) is 43.6 Å². The smallest absolute Gasteiger partial charge is 0.119 e. The highest BCUT2D eigenvalue weighted by Crippen LogP contribution is 2.37. The first kappa shape index (κ1) is 15.9. The molecule has 4 heteroatoms. The van der Waals surface area contributed by atoms with Gasteiger partial charge in [0.25, 0.3) is 0 Å². The van der Waals surface area contributed by atoms with Crippen LogP contribution in [0.25, 0.3) is 0 Å². The van der Waals surface area contributed by atoms with Gasteiger partial charge < -0.3 is 0 Å². The van der Waals surface area contributed by atoms with Gasteiger partial charge in [-0.05, 0) is 12.1 Å². The molecule has 14 heavy (non-hydrogen) atoms.